The number of hydrogen-bond donors (Lipinski definition) is 2. The second kappa shape index (κ2) is 8.62. The number of nitrogens with one attached hydrogen (secondary N) is 1. The summed E-state index contributed by atoms with van der Waals surface area (Å²) in [5, 5.41) is 0.0631. The van der Waals surface area contributed by atoms with E-state index in [4.69, 9.17) is 39.0 Å². The Labute approximate surface area is 134 Å². The number of thiocarbonyl (C=S) groups is 1. The summed E-state index contributed by atoms with van der Waals surface area (Å²) in [7, 11) is -2.14. The van der Waals surface area contributed by atoms with Gasteiger partial charge in [0.15, 0.2) is 0 Å². The van der Waals surface area contributed by atoms with Gasteiger partial charge >= 0.3 is 0 Å². The molecule has 118 valence electrons. The van der Waals surface area contributed by atoms with E-state index in [1.165, 1.54) is 18.2 Å². The normalized spacial score (nSPS) is 11.5. The molecule has 0 aliphatic rings. The molecular formula is C12H17ClN2O4S2. The van der Waals surface area contributed by atoms with Crippen molar-refractivity contribution < 1.29 is 17.9 Å². The fourth-order valence-electron chi connectivity index (χ4n) is 1.44. The van der Waals surface area contributed by atoms with Crippen molar-refractivity contribution in [2.45, 2.75) is 4.90 Å². The quantitative estimate of drug-likeness (QED) is 0.507. The van der Waals surface area contributed by atoms with Gasteiger partial charge in [0.2, 0.25) is 10.0 Å². The molecule has 0 amide bonds. The van der Waals surface area contributed by atoms with Crippen LogP contribution in [0.25, 0.3) is 0 Å². The average Bonchev–Trinajstić information content (AvgIpc) is 2.42. The third kappa shape index (κ3) is 5.85. The van der Waals surface area contributed by atoms with Crippen LogP contribution in [0, 0.1) is 0 Å². The van der Waals surface area contributed by atoms with E-state index in [1.54, 1.807) is 7.11 Å². The molecule has 0 saturated carbocycles. The molecule has 0 radical (unpaired) electrons. The van der Waals surface area contributed by atoms with E-state index in [0.717, 1.165) is 0 Å². The minimum absolute atomic E-state index is 0.0268. The van der Waals surface area contributed by atoms with Crippen molar-refractivity contribution in [3.63, 3.8) is 0 Å². The van der Waals surface area contributed by atoms with E-state index in [1.807, 2.05) is 0 Å². The van der Waals surface area contributed by atoms with Crippen LogP contribution < -0.4 is 10.5 Å². The van der Waals surface area contributed by atoms with Crippen LogP contribution in [0.3, 0.4) is 0 Å². The largest absolute Gasteiger partial charge is 0.389 e. The molecule has 0 atom stereocenters. The molecule has 0 spiro atoms. The summed E-state index contributed by atoms with van der Waals surface area (Å²) in [4.78, 5) is 0.126. The zero-order valence-electron chi connectivity index (χ0n) is 11.5. The number of sulfonamides is 1. The van der Waals surface area contributed by atoms with Crippen molar-refractivity contribution in [3.8, 4) is 0 Å². The topological polar surface area (TPSA) is 90.6 Å². The van der Waals surface area contributed by atoms with Gasteiger partial charge in [-0.3, -0.25) is 0 Å². The monoisotopic (exact) mass is 352 g/mol. The Morgan fingerprint density at radius 1 is 1.38 bits per heavy atom. The number of nitrogens with two attached hydrogens (primary N) is 1. The highest BCUT2D eigenvalue weighted by molar-refractivity contribution is 7.89. The van der Waals surface area contributed by atoms with Crippen molar-refractivity contribution in [3.05, 3.63) is 28.8 Å². The molecule has 1 rings (SSSR count). The zero-order chi connectivity index (χ0) is 15.9. The fraction of sp³-hybridized carbons (Fsp3) is 0.417. The number of ether oxygens (including phenoxy) is 2. The van der Waals surface area contributed by atoms with Crippen molar-refractivity contribution in [1.82, 2.24) is 4.72 Å². The fourth-order valence-corrected chi connectivity index (χ4v) is 3.12. The summed E-state index contributed by atoms with van der Waals surface area (Å²) in [5.74, 6) is 0. The average molecular weight is 353 g/mol. The Bertz CT molecular complexity index is 593. The SMILES string of the molecule is COCCOCCNS(=O)(=O)c1ccc(C(N)=S)cc1Cl. The molecule has 0 fully saturated rings. The first-order valence-corrected chi connectivity index (χ1v) is 8.31. The smallest absolute Gasteiger partial charge is 0.242 e. The van der Waals surface area contributed by atoms with Crippen molar-refractivity contribution >= 4 is 38.8 Å². The Balaban J connectivity index is 2.64. The standard InChI is InChI=1S/C12H17ClN2O4S2/c1-18-6-7-19-5-4-15-21(16,17)11-3-2-9(12(14)20)8-10(11)13/h2-3,8,15H,4-7H2,1H3,(H2,14,20). The molecular weight excluding hydrogens is 336 g/mol. The van der Waals surface area contributed by atoms with E-state index < -0.39 is 10.0 Å². The van der Waals surface area contributed by atoms with Crippen LogP contribution >= 0.6 is 23.8 Å². The van der Waals surface area contributed by atoms with Crippen LogP contribution in [-0.2, 0) is 19.5 Å². The first-order chi connectivity index (χ1) is 9.88. The summed E-state index contributed by atoms with van der Waals surface area (Å²) >= 11 is 10.8. The van der Waals surface area contributed by atoms with Crippen molar-refractivity contribution in [2.24, 2.45) is 5.73 Å². The number of methoxy groups -OCH3 is 1. The summed E-state index contributed by atoms with van der Waals surface area (Å²) in [6.07, 6.45) is 0. The van der Waals surface area contributed by atoms with Gasteiger partial charge in [-0.25, -0.2) is 13.1 Å². The molecule has 0 unspecified atom stereocenters. The highest BCUT2D eigenvalue weighted by atomic mass is 35.5. The second-order valence-corrected chi connectivity index (χ2v) is 6.59. The van der Waals surface area contributed by atoms with E-state index in [-0.39, 0.29) is 28.1 Å². The molecule has 0 bridgehead atoms. The minimum atomic E-state index is -3.70. The summed E-state index contributed by atoms with van der Waals surface area (Å²) < 4.78 is 36.5. The third-order valence-electron chi connectivity index (χ3n) is 2.48. The van der Waals surface area contributed by atoms with Crippen LogP contribution in [0.2, 0.25) is 5.02 Å². The van der Waals surface area contributed by atoms with Crippen molar-refractivity contribution in [1.29, 1.82) is 0 Å². The third-order valence-corrected chi connectivity index (χ3v) is 4.66. The van der Waals surface area contributed by atoms with Crippen LogP contribution in [0.4, 0.5) is 0 Å². The Kier molecular flexibility index (Phi) is 7.50. The molecule has 1 aromatic rings. The van der Waals surface area contributed by atoms with Crippen LogP contribution in [-0.4, -0.2) is 46.9 Å². The molecule has 0 aliphatic heterocycles. The highest BCUT2D eigenvalue weighted by Crippen LogP contribution is 2.22. The minimum Gasteiger partial charge on any atom is -0.389 e. The summed E-state index contributed by atoms with van der Waals surface area (Å²) in [6.45, 7) is 1.24. The lowest BCUT2D eigenvalue weighted by Gasteiger charge is -2.10. The van der Waals surface area contributed by atoms with Crippen LogP contribution in [0.1, 0.15) is 5.56 Å². The van der Waals surface area contributed by atoms with Gasteiger partial charge in [-0.15, -0.1) is 0 Å². The highest BCUT2D eigenvalue weighted by Gasteiger charge is 2.17. The lowest BCUT2D eigenvalue weighted by Crippen LogP contribution is -2.28. The molecule has 6 nitrogen and oxygen atoms in total. The molecule has 3 N–H and O–H groups in total. The van der Waals surface area contributed by atoms with Crippen LogP contribution in [0.5, 0.6) is 0 Å². The lowest BCUT2D eigenvalue weighted by molar-refractivity contribution is 0.0736. The molecule has 0 saturated heterocycles. The van der Waals surface area contributed by atoms with E-state index in [0.29, 0.717) is 18.8 Å². The molecule has 21 heavy (non-hydrogen) atoms. The maximum Gasteiger partial charge on any atom is 0.242 e. The molecule has 0 aromatic heterocycles. The second-order valence-electron chi connectivity index (χ2n) is 4.01. The zero-order valence-corrected chi connectivity index (χ0v) is 13.9. The van der Waals surface area contributed by atoms with Gasteiger partial charge in [-0.05, 0) is 12.1 Å². The first kappa shape index (κ1) is 18.3. The Morgan fingerprint density at radius 3 is 2.67 bits per heavy atom. The van der Waals surface area contributed by atoms with Gasteiger partial charge in [0.25, 0.3) is 0 Å². The number of rotatable bonds is 9. The summed E-state index contributed by atoms with van der Waals surface area (Å²) in [6, 6.07) is 4.30. The van der Waals surface area contributed by atoms with Gasteiger partial charge in [0, 0.05) is 19.2 Å². The van der Waals surface area contributed by atoms with Gasteiger partial charge in [-0.2, -0.15) is 0 Å². The Hall–Kier alpha value is -0.770. The maximum atomic E-state index is 12.1. The lowest BCUT2D eigenvalue weighted by atomic mass is 10.2. The summed E-state index contributed by atoms with van der Waals surface area (Å²) in [5.41, 5.74) is 5.97. The molecule has 9 heteroatoms. The van der Waals surface area contributed by atoms with Gasteiger partial charge in [-0.1, -0.05) is 29.9 Å². The predicted molar refractivity (Wildman–Crippen MR) is 85.2 cm³/mol. The predicted octanol–water partition coefficient (Wildman–Crippen LogP) is 0.916. The number of hydrogen-bond acceptors (Lipinski definition) is 5. The van der Waals surface area contributed by atoms with E-state index in [9.17, 15) is 8.42 Å². The number of benzene rings is 1. The van der Waals surface area contributed by atoms with E-state index in [2.05, 4.69) is 4.72 Å². The molecule has 1 aromatic carbocycles. The van der Waals surface area contributed by atoms with Gasteiger partial charge in [0.05, 0.1) is 24.8 Å². The van der Waals surface area contributed by atoms with Crippen molar-refractivity contribution in [2.75, 3.05) is 33.5 Å². The van der Waals surface area contributed by atoms with E-state index >= 15 is 0 Å². The molecule has 0 heterocycles. The Morgan fingerprint density at radius 2 is 2.10 bits per heavy atom. The van der Waals surface area contributed by atoms with Crippen LogP contribution in [0.15, 0.2) is 23.1 Å². The number of halogens is 1. The maximum absolute atomic E-state index is 12.1. The molecule has 0 aliphatic carbocycles. The first-order valence-electron chi connectivity index (χ1n) is 6.04. The van der Waals surface area contributed by atoms with Gasteiger partial charge in [0.1, 0.15) is 9.88 Å². The van der Waals surface area contributed by atoms with Gasteiger partial charge < -0.3 is 15.2 Å².